The van der Waals surface area contributed by atoms with Crippen molar-refractivity contribution in [2.45, 2.75) is 63.8 Å². The largest absolute Gasteiger partial charge is 0.371 e. The van der Waals surface area contributed by atoms with E-state index in [1.54, 1.807) is 0 Å². The fraction of sp³-hybridized carbons (Fsp3) is 0.462. The highest BCUT2D eigenvalue weighted by atomic mass is 16.5. The molecule has 1 aliphatic carbocycles. The number of aromatic nitrogens is 3. The highest BCUT2D eigenvalue weighted by molar-refractivity contribution is 5.75. The maximum absolute atomic E-state index is 6.24. The Bertz CT molecular complexity index is 1150. The van der Waals surface area contributed by atoms with Gasteiger partial charge in [-0.05, 0) is 57.0 Å². The van der Waals surface area contributed by atoms with E-state index in [1.807, 2.05) is 6.20 Å². The van der Waals surface area contributed by atoms with Gasteiger partial charge in [-0.3, -0.25) is 9.88 Å². The average molecular weight is 417 g/mol. The van der Waals surface area contributed by atoms with Crippen molar-refractivity contribution in [2.75, 3.05) is 13.7 Å². The number of nitrogens with zero attached hydrogens (tertiary/aromatic N) is 4. The lowest BCUT2D eigenvalue weighted by atomic mass is 9.91. The summed E-state index contributed by atoms with van der Waals surface area (Å²) in [6.07, 6.45) is 6.94. The SMILES string of the molecule is CN(Cc1nc2ccccc2n1CC1(C)CC#CCCO1)C1CCCc2cccnc21.[HH]. The van der Waals surface area contributed by atoms with Gasteiger partial charge in [-0.25, -0.2) is 4.98 Å². The number of rotatable bonds is 5. The molecule has 162 valence electrons. The predicted molar refractivity (Wildman–Crippen MR) is 125 cm³/mol. The van der Waals surface area contributed by atoms with Gasteiger partial charge in [0.25, 0.3) is 0 Å². The summed E-state index contributed by atoms with van der Waals surface area (Å²) >= 11 is 0. The van der Waals surface area contributed by atoms with Crippen molar-refractivity contribution in [3.05, 3.63) is 59.7 Å². The quantitative estimate of drug-likeness (QED) is 0.563. The number of benzene rings is 1. The second kappa shape index (κ2) is 8.45. The van der Waals surface area contributed by atoms with Gasteiger partial charge in [-0.1, -0.05) is 18.2 Å². The van der Waals surface area contributed by atoms with Gasteiger partial charge in [-0.2, -0.15) is 0 Å². The number of ether oxygens (including phenoxy) is 1. The van der Waals surface area contributed by atoms with Crippen molar-refractivity contribution < 1.29 is 6.16 Å². The fourth-order valence-electron chi connectivity index (χ4n) is 4.94. The molecule has 1 aromatic carbocycles. The highest BCUT2D eigenvalue weighted by Crippen LogP contribution is 2.33. The van der Waals surface area contributed by atoms with Crippen LogP contribution in [0.1, 0.15) is 57.2 Å². The topological polar surface area (TPSA) is 43.2 Å². The van der Waals surface area contributed by atoms with E-state index in [1.165, 1.54) is 17.7 Å². The number of hydrogen-bond donors (Lipinski definition) is 0. The van der Waals surface area contributed by atoms with Gasteiger partial charge in [-0.15, -0.1) is 11.8 Å². The third-order valence-corrected chi connectivity index (χ3v) is 6.58. The normalized spacial score (nSPS) is 23.3. The minimum Gasteiger partial charge on any atom is -0.371 e. The third kappa shape index (κ3) is 4.11. The van der Waals surface area contributed by atoms with Gasteiger partial charge >= 0.3 is 0 Å². The molecule has 5 rings (SSSR count). The van der Waals surface area contributed by atoms with E-state index >= 15 is 0 Å². The molecule has 0 saturated carbocycles. The molecule has 3 heterocycles. The molecule has 0 fully saturated rings. The van der Waals surface area contributed by atoms with Crippen molar-refractivity contribution in [1.82, 2.24) is 19.4 Å². The van der Waals surface area contributed by atoms with Crippen LogP contribution in [-0.4, -0.2) is 38.7 Å². The van der Waals surface area contributed by atoms with E-state index in [4.69, 9.17) is 14.7 Å². The molecule has 0 N–H and O–H groups in total. The lowest BCUT2D eigenvalue weighted by Gasteiger charge is -2.33. The van der Waals surface area contributed by atoms with Crippen molar-refractivity contribution in [2.24, 2.45) is 0 Å². The number of fused-ring (bicyclic) bond motifs is 2. The van der Waals surface area contributed by atoms with Crippen molar-refractivity contribution in [1.29, 1.82) is 0 Å². The Kier molecular flexibility index (Phi) is 5.52. The Balaban J connectivity index is 0.00000245. The number of para-hydroxylation sites is 2. The molecule has 2 aromatic heterocycles. The molecule has 0 amide bonds. The van der Waals surface area contributed by atoms with Gasteiger partial charge in [0.1, 0.15) is 5.82 Å². The second-order valence-corrected chi connectivity index (χ2v) is 9.05. The number of imidazole rings is 1. The first kappa shape index (κ1) is 20.2. The molecule has 3 aromatic rings. The van der Waals surface area contributed by atoms with Crippen LogP contribution in [0.2, 0.25) is 0 Å². The van der Waals surface area contributed by atoms with Crippen molar-refractivity contribution in [3.8, 4) is 11.8 Å². The predicted octanol–water partition coefficient (Wildman–Crippen LogP) is 4.76. The molecule has 2 atom stereocenters. The molecule has 2 aliphatic rings. The summed E-state index contributed by atoms with van der Waals surface area (Å²) in [6, 6.07) is 13.0. The van der Waals surface area contributed by atoms with E-state index in [9.17, 15) is 0 Å². The van der Waals surface area contributed by atoms with Crippen LogP contribution in [0, 0.1) is 11.8 Å². The zero-order valence-corrected chi connectivity index (χ0v) is 18.5. The highest BCUT2D eigenvalue weighted by Gasteiger charge is 2.30. The summed E-state index contributed by atoms with van der Waals surface area (Å²) in [4.78, 5) is 12.2. The summed E-state index contributed by atoms with van der Waals surface area (Å²) in [7, 11) is 2.20. The number of hydrogen-bond acceptors (Lipinski definition) is 4. The molecule has 2 unspecified atom stereocenters. The van der Waals surface area contributed by atoms with Crippen LogP contribution >= 0.6 is 0 Å². The number of aryl methyl sites for hydroxylation is 1. The zero-order chi connectivity index (χ0) is 21.3. The minimum atomic E-state index is -0.306. The van der Waals surface area contributed by atoms with Gasteiger partial charge < -0.3 is 9.30 Å². The van der Waals surface area contributed by atoms with E-state index < -0.39 is 0 Å². The maximum Gasteiger partial charge on any atom is 0.124 e. The van der Waals surface area contributed by atoms with Crippen LogP contribution < -0.4 is 0 Å². The Morgan fingerprint density at radius 2 is 2.16 bits per heavy atom. The van der Waals surface area contributed by atoms with Gasteiger partial charge in [0, 0.05) is 20.5 Å². The third-order valence-electron chi connectivity index (χ3n) is 6.58. The average Bonchev–Trinajstić information content (AvgIpc) is 2.96. The van der Waals surface area contributed by atoms with Crippen molar-refractivity contribution in [3.63, 3.8) is 0 Å². The standard InChI is InChI=1S/C26H30N4O.H2/c1-26(15-6-3-7-17-31-26)19-30-22-13-5-4-12-21(22)28-24(30)18-29(2)23-14-8-10-20-11-9-16-27-25(20)23;/h4-5,9,11-13,16,23H,7-8,10,14-15,17-19H2,1-2H3;1H. The summed E-state index contributed by atoms with van der Waals surface area (Å²) in [6.45, 7) is 4.40. The number of pyridine rings is 1. The zero-order valence-electron chi connectivity index (χ0n) is 18.5. The second-order valence-electron chi connectivity index (χ2n) is 9.05. The Labute approximate surface area is 185 Å². The molecule has 0 saturated heterocycles. The lowest BCUT2D eigenvalue weighted by molar-refractivity contribution is -0.0351. The van der Waals surface area contributed by atoms with Crippen LogP contribution in [0.15, 0.2) is 42.6 Å². The van der Waals surface area contributed by atoms with E-state index in [-0.39, 0.29) is 7.03 Å². The molecule has 0 bridgehead atoms. The van der Waals surface area contributed by atoms with Crippen LogP contribution in [0.5, 0.6) is 0 Å². The van der Waals surface area contributed by atoms with Crippen LogP contribution in [-0.2, 0) is 24.2 Å². The Morgan fingerprint density at radius 1 is 1.26 bits per heavy atom. The fourth-order valence-corrected chi connectivity index (χ4v) is 4.94. The summed E-state index contributed by atoms with van der Waals surface area (Å²) in [5.74, 6) is 7.57. The van der Waals surface area contributed by atoms with Gasteiger partial charge in [0.2, 0.25) is 0 Å². The molecule has 1 aliphatic heterocycles. The maximum atomic E-state index is 6.24. The van der Waals surface area contributed by atoms with E-state index in [0.717, 1.165) is 55.6 Å². The molecule has 0 radical (unpaired) electrons. The van der Waals surface area contributed by atoms with Gasteiger partial charge in [0.05, 0.1) is 48.1 Å². The first-order valence-electron chi connectivity index (χ1n) is 11.3. The smallest absolute Gasteiger partial charge is 0.124 e. The first-order chi connectivity index (χ1) is 15.1. The van der Waals surface area contributed by atoms with E-state index in [0.29, 0.717) is 12.6 Å². The molecular formula is C26H32N4O. The Hall–Kier alpha value is -2.68. The van der Waals surface area contributed by atoms with Crippen LogP contribution in [0.3, 0.4) is 0 Å². The molecule has 5 nitrogen and oxygen atoms in total. The minimum absolute atomic E-state index is 0. The lowest BCUT2D eigenvalue weighted by Crippen LogP contribution is -2.35. The molecular weight excluding hydrogens is 384 g/mol. The van der Waals surface area contributed by atoms with Crippen LogP contribution in [0.25, 0.3) is 11.0 Å². The Morgan fingerprint density at radius 3 is 3.10 bits per heavy atom. The summed E-state index contributed by atoms with van der Waals surface area (Å²) in [5, 5.41) is 0. The molecule has 0 spiro atoms. The van der Waals surface area contributed by atoms with Gasteiger partial charge in [0.15, 0.2) is 0 Å². The molecule has 31 heavy (non-hydrogen) atoms. The van der Waals surface area contributed by atoms with Crippen molar-refractivity contribution >= 4 is 11.0 Å². The summed E-state index contributed by atoms with van der Waals surface area (Å²) in [5.41, 5.74) is 4.51. The summed E-state index contributed by atoms with van der Waals surface area (Å²) < 4.78 is 8.59. The first-order valence-corrected chi connectivity index (χ1v) is 11.3. The monoisotopic (exact) mass is 416 g/mol. The molecule has 5 heteroatoms. The van der Waals surface area contributed by atoms with E-state index in [2.05, 4.69) is 71.7 Å². The van der Waals surface area contributed by atoms with Crippen LogP contribution in [0.4, 0.5) is 0 Å².